The normalized spacial score (nSPS) is 11.5. The van der Waals surface area contributed by atoms with Gasteiger partial charge in [-0.2, -0.15) is 5.26 Å². The maximum Gasteiger partial charge on any atom is 0.259 e. The highest BCUT2D eigenvalue weighted by Gasteiger charge is 2.10. The van der Waals surface area contributed by atoms with Crippen LogP contribution in [0.2, 0.25) is 0 Å². The molecule has 0 spiro atoms. The van der Waals surface area contributed by atoms with Gasteiger partial charge in [0.05, 0.1) is 16.5 Å². The van der Waals surface area contributed by atoms with E-state index in [1.54, 1.807) is 36.4 Å². The van der Waals surface area contributed by atoms with Crippen LogP contribution in [0.3, 0.4) is 0 Å². The summed E-state index contributed by atoms with van der Waals surface area (Å²) in [5.41, 5.74) is 0.471. The van der Waals surface area contributed by atoms with E-state index in [4.69, 9.17) is 4.42 Å². The fourth-order valence-electron chi connectivity index (χ4n) is 2.60. The first-order valence-electron chi connectivity index (χ1n) is 8.27. The molecule has 0 aliphatic carbocycles. The van der Waals surface area contributed by atoms with Gasteiger partial charge in [0.15, 0.2) is 10.9 Å². The number of nitrogens with one attached hydrogen (secondary N) is 1. The maximum atomic E-state index is 12.2. The van der Waals surface area contributed by atoms with Crippen LogP contribution in [0, 0.1) is 11.3 Å². The Bertz CT molecular complexity index is 1280. The molecule has 0 saturated heterocycles. The van der Waals surface area contributed by atoms with Gasteiger partial charge in [-0.15, -0.1) is 0 Å². The minimum absolute atomic E-state index is 0.213. The lowest BCUT2D eigenvalue weighted by atomic mass is 10.2. The number of para-hydroxylation sites is 1. The Morgan fingerprint density at radius 3 is 2.71 bits per heavy atom. The highest BCUT2D eigenvalue weighted by atomic mass is 79.9. The van der Waals surface area contributed by atoms with Crippen LogP contribution in [0.25, 0.3) is 22.6 Å². The topological polar surface area (TPSA) is 82.7 Å². The Balaban J connectivity index is 1.64. The third-order valence-electron chi connectivity index (χ3n) is 3.91. The van der Waals surface area contributed by atoms with E-state index >= 15 is 0 Å². The number of benzene rings is 2. The number of allylic oxidation sites excluding steroid dienone is 1. The number of aromatic nitrogens is 2. The Kier molecular flexibility index (Phi) is 5.15. The summed E-state index contributed by atoms with van der Waals surface area (Å²) in [6.45, 7) is 0. The molecule has 0 atom stereocenters. The summed E-state index contributed by atoms with van der Waals surface area (Å²) in [7, 11) is 0. The zero-order valence-corrected chi connectivity index (χ0v) is 16.8. The van der Waals surface area contributed by atoms with Gasteiger partial charge in [0.1, 0.15) is 11.8 Å². The Morgan fingerprint density at radius 1 is 1.14 bits per heavy atom. The summed E-state index contributed by atoms with van der Waals surface area (Å²) >= 11 is 4.89. The summed E-state index contributed by atoms with van der Waals surface area (Å²) in [5.74, 6) is 0.719. The van der Waals surface area contributed by atoms with Crippen LogP contribution in [-0.2, 0) is 0 Å². The van der Waals surface area contributed by atoms with Gasteiger partial charge >= 0.3 is 0 Å². The molecule has 0 aliphatic rings. The molecule has 0 bridgehead atoms. The van der Waals surface area contributed by atoms with Crippen LogP contribution >= 0.6 is 27.7 Å². The quantitative estimate of drug-likeness (QED) is 0.416. The number of halogens is 1. The van der Waals surface area contributed by atoms with Crippen molar-refractivity contribution >= 4 is 50.2 Å². The minimum Gasteiger partial charge on any atom is -0.450 e. The molecule has 136 valence electrons. The SMILES string of the molecule is N#C/C(=C\c1ccc(Sc2ccc(Br)cc2)o1)c1nc2ccccc2c(=O)[nH]1. The Hall–Kier alpha value is -3.08. The zero-order valence-electron chi connectivity index (χ0n) is 14.3. The molecule has 0 fully saturated rings. The molecule has 7 heteroatoms. The van der Waals surface area contributed by atoms with Gasteiger partial charge in [-0.1, -0.05) is 39.8 Å². The molecular formula is C21H12BrN3O2S. The number of fused-ring (bicyclic) bond motifs is 1. The molecule has 28 heavy (non-hydrogen) atoms. The minimum atomic E-state index is -0.285. The standard InChI is InChI=1S/C21H12BrN3O2S/c22-14-5-8-16(9-6-14)28-19-10-7-15(27-19)11-13(12-23)20-24-18-4-2-1-3-17(18)21(26)25-20/h1-11H,(H,24,25,26)/b13-11+. The van der Waals surface area contributed by atoms with Crippen LogP contribution in [-0.4, -0.2) is 9.97 Å². The van der Waals surface area contributed by atoms with Crippen molar-refractivity contribution < 1.29 is 4.42 Å². The van der Waals surface area contributed by atoms with Crippen LogP contribution < -0.4 is 5.56 Å². The number of hydrogen-bond acceptors (Lipinski definition) is 5. The average molecular weight is 450 g/mol. The number of nitriles is 1. The smallest absolute Gasteiger partial charge is 0.259 e. The molecule has 4 aromatic rings. The lowest BCUT2D eigenvalue weighted by Gasteiger charge is -2.01. The van der Waals surface area contributed by atoms with Crippen molar-refractivity contribution in [2.24, 2.45) is 0 Å². The molecular weight excluding hydrogens is 438 g/mol. The van der Waals surface area contributed by atoms with Gasteiger partial charge in [-0.25, -0.2) is 4.98 Å². The van der Waals surface area contributed by atoms with Crippen LogP contribution in [0.5, 0.6) is 0 Å². The van der Waals surface area contributed by atoms with Crippen molar-refractivity contribution in [3.63, 3.8) is 0 Å². The van der Waals surface area contributed by atoms with E-state index in [2.05, 4.69) is 32.0 Å². The summed E-state index contributed by atoms with van der Waals surface area (Å²) in [4.78, 5) is 20.3. The third kappa shape index (κ3) is 3.93. The fraction of sp³-hybridized carbons (Fsp3) is 0. The predicted octanol–water partition coefficient (Wildman–Crippen LogP) is 5.49. The van der Waals surface area contributed by atoms with Crippen molar-refractivity contribution in [1.29, 1.82) is 5.26 Å². The number of aromatic amines is 1. The van der Waals surface area contributed by atoms with Crippen molar-refractivity contribution in [2.75, 3.05) is 0 Å². The van der Waals surface area contributed by atoms with E-state index in [-0.39, 0.29) is 17.0 Å². The average Bonchev–Trinajstić information content (AvgIpc) is 3.15. The van der Waals surface area contributed by atoms with Gasteiger partial charge < -0.3 is 9.40 Å². The molecule has 1 N–H and O–H groups in total. The molecule has 0 unspecified atom stereocenters. The highest BCUT2D eigenvalue weighted by Crippen LogP contribution is 2.31. The molecule has 2 heterocycles. The van der Waals surface area contributed by atoms with Crippen LogP contribution in [0.4, 0.5) is 0 Å². The van der Waals surface area contributed by atoms with Gasteiger partial charge in [0, 0.05) is 15.4 Å². The summed E-state index contributed by atoms with van der Waals surface area (Å²) in [5, 5.41) is 10.7. The number of hydrogen-bond donors (Lipinski definition) is 1. The summed E-state index contributed by atoms with van der Waals surface area (Å²) < 4.78 is 6.80. The molecule has 2 aromatic heterocycles. The van der Waals surface area contributed by atoms with E-state index in [0.717, 1.165) is 9.37 Å². The van der Waals surface area contributed by atoms with E-state index in [1.807, 2.05) is 30.3 Å². The largest absolute Gasteiger partial charge is 0.450 e. The lowest BCUT2D eigenvalue weighted by Crippen LogP contribution is -2.11. The van der Waals surface area contributed by atoms with Gasteiger partial charge in [0.2, 0.25) is 0 Å². The number of furan rings is 1. The van der Waals surface area contributed by atoms with Crippen molar-refractivity contribution in [1.82, 2.24) is 9.97 Å². The lowest BCUT2D eigenvalue weighted by molar-refractivity contribution is 0.466. The van der Waals surface area contributed by atoms with Crippen molar-refractivity contribution in [2.45, 2.75) is 9.99 Å². The van der Waals surface area contributed by atoms with E-state index < -0.39 is 0 Å². The second-order valence-electron chi connectivity index (χ2n) is 5.81. The number of H-pyrrole nitrogens is 1. The second kappa shape index (κ2) is 7.89. The predicted molar refractivity (Wildman–Crippen MR) is 113 cm³/mol. The highest BCUT2D eigenvalue weighted by molar-refractivity contribution is 9.10. The number of rotatable bonds is 4. The molecule has 0 saturated carbocycles. The first-order chi connectivity index (χ1) is 13.6. The van der Waals surface area contributed by atoms with Gasteiger partial charge in [0.25, 0.3) is 5.56 Å². The Morgan fingerprint density at radius 2 is 1.93 bits per heavy atom. The zero-order chi connectivity index (χ0) is 19.5. The Labute approximate surface area is 172 Å². The molecule has 0 aliphatic heterocycles. The van der Waals surface area contributed by atoms with Crippen LogP contribution in [0.1, 0.15) is 11.6 Å². The molecule has 4 rings (SSSR count). The molecule has 0 radical (unpaired) electrons. The first kappa shape index (κ1) is 18.3. The number of nitrogens with zero attached hydrogens (tertiary/aromatic N) is 2. The van der Waals surface area contributed by atoms with E-state index in [1.165, 1.54) is 11.8 Å². The van der Waals surface area contributed by atoms with Crippen molar-refractivity contribution in [3.8, 4) is 6.07 Å². The van der Waals surface area contributed by atoms with Gasteiger partial charge in [-0.05, 0) is 48.5 Å². The monoisotopic (exact) mass is 449 g/mol. The van der Waals surface area contributed by atoms with E-state index in [0.29, 0.717) is 21.8 Å². The van der Waals surface area contributed by atoms with Crippen molar-refractivity contribution in [3.05, 3.63) is 87.1 Å². The van der Waals surface area contributed by atoms with E-state index in [9.17, 15) is 10.1 Å². The third-order valence-corrected chi connectivity index (χ3v) is 5.37. The maximum absolute atomic E-state index is 12.2. The second-order valence-corrected chi connectivity index (χ2v) is 7.81. The molecule has 0 amide bonds. The summed E-state index contributed by atoms with van der Waals surface area (Å²) in [6.07, 6.45) is 1.57. The van der Waals surface area contributed by atoms with Crippen LogP contribution in [0.15, 0.2) is 84.3 Å². The fourth-order valence-corrected chi connectivity index (χ4v) is 3.64. The summed E-state index contributed by atoms with van der Waals surface area (Å²) in [6, 6.07) is 20.6. The van der Waals surface area contributed by atoms with Gasteiger partial charge in [-0.3, -0.25) is 4.79 Å². The first-order valence-corrected chi connectivity index (χ1v) is 9.88. The molecule has 5 nitrogen and oxygen atoms in total. The molecule has 2 aromatic carbocycles.